The quantitative estimate of drug-likeness (QED) is 0.535. The van der Waals surface area contributed by atoms with Crippen LogP contribution in [0.1, 0.15) is 38.8 Å². The average Bonchev–Trinajstić information content (AvgIpc) is 2.90. The second-order valence-corrected chi connectivity index (χ2v) is 7.72. The molecule has 0 spiro atoms. The van der Waals surface area contributed by atoms with Crippen molar-refractivity contribution < 1.29 is 9.59 Å². The first-order chi connectivity index (χ1) is 16.6. The van der Waals surface area contributed by atoms with Gasteiger partial charge in [0.1, 0.15) is 6.29 Å². The summed E-state index contributed by atoms with van der Waals surface area (Å²) in [5.74, 6) is 0.439. The number of amides is 1. The minimum Gasteiger partial charge on any atom is -0.369 e. The third-order valence-corrected chi connectivity index (χ3v) is 5.62. The number of aryl methyl sites for hydroxylation is 1. The fourth-order valence-electron chi connectivity index (χ4n) is 3.85. The van der Waals surface area contributed by atoms with Crippen LogP contribution < -0.4 is 16.2 Å². The molecular weight excluding hydrogens is 432 g/mol. The summed E-state index contributed by atoms with van der Waals surface area (Å²) >= 11 is 0. The highest BCUT2D eigenvalue weighted by Gasteiger charge is 2.26. The molecule has 0 unspecified atom stereocenters. The molecule has 1 aliphatic rings. The predicted molar refractivity (Wildman–Crippen MR) is 131 cm³/mol. The van der Waals surface area contributed by atoms with Crippen LogP contribution in [0.4, 0.5) is 5.82 Å². The minimum atomic E-state index is -0.308. The zero-order valence-electron chi connectivity index (χ0n) is 19.6. The lowest BCUT2D eigenvalue weighted by atomic mass is 9.96. The second kappa shape index (κ2) is 11.8. The van der Waals surface area contributed by atoms with Crippen LogP contribution in [0.3, 0.4) is 0 Å². The molecule has 0 saturated carbocycles. The molecule has 0 bridgehead atoms. The third-order valence-electron chi connectivity index (χ3n) is 5.62. The fourth-order valence-corrected chi connectivity index (χ4v) is 3.85. The number of nitrogens with two attached hydrogens (primary N) is 1. The number of carbonyl (C=O) groups is 2. The largest absolute Gasteiger partial charge is 0.369 e. The Morgan fingerprint density at radius 2 is 1.76 bits per heavy atom. The number of hydrogen-bond acceptors (Lipinski definition) is 7. The summed E-state index contributed by atoms with van der Waals surface area (Å²) in [6, 6.07) is 9.14. The number of carbonyl (C=O) groups excluding carboxylic acids is 2. The molecule has 1 aliphatic heterocycles. The molecule has 1 amide bonds. The van der Waals surface area contributed by atoms with Gasteiger partial charge in [0.2, 0.25) is 5.91 Å². The number of rotatable bonds is 7. The molecule has 9 heteroatoms. The van der Waals surface area contributed by atoms with Crippen molar-refractivity contribution in [3.8, 4) is 17.1 Å². The van der Waals surface area contributed by atoms with Gasteiger partial charge >= 0.3 is 0 Å². The Bertz CT molecular complexity index is 1150. The van der Waals surface area contributed by atoms with Crippen LogP contribution in [0.25, 0.3) is 17.1 Å². The van der Waals surface area contributed by atoms with E-state index in [1.54, 1.807) is 29.2 Å². The van der Waals surface area contributed by atoms with E-state index < -0.39 is 0 Å². The summed E-state index contributed by atoms with van der Waals surface area (Å²) in [5, 5.41) is 0. The molecule has 3 heterocycles. The molecule has 1 aromatic carbocycles. The van der Waals surface area contributed by atoms with E-state index in [4.69, 9.17) is 5.73 Å². The number of hydrogen-bond donors (Lipinski definition) is 1. The summed E-state index contributed by atoms with van der Waals surface area (Å²) in [6.07, 6.45) is 7.79. The highest BCUT2D eigenvalue weighted by Crippen LogP contribution is 2.21. The van der Waals surface area contributed by atoms with Crippen molar-refractivity contribution in [1.29, 1.82) is 0 Å². The maximum atomic E-state index is 13.3. The Balaban J connectivity index is 0.00000158. The fraction of sp³-hybridized carbons (Fsp3) is 0.360. The van der Waals surface area contributed by atoms with Crippen LogP contribution in [0, 0.1) is 5.92 Å². The molecule has 0 radical (unpaired) electrons. The van der Waals surface area contributed by atoms with Gasteiger partial charge in [0.05, 0.1) is 5.69 Å². The lowest BCUT2D eigenvalue weighted by molar-refractivity contribution is -0.122. The molecule has 2 aromatic heterocycles. The van der Waals surface area contributed by atoms with E-state index in [9.17, 15) is 14.4 Å². The Morgan fingerprint density at radius 3 is 2.35 bits per heavy atom. The van der Waals surface area contributed by atoms with Crippen molar-refractivity contribution in [2.75, 3.05) is 18.0 Å². The number of aromatic nitrogens is 4. The Morgan fingerprint density at radius 1 is 1.12 bits per heavy atom. The van der Waals surface area contributed by atoms with Gasteiger partial charge in [-0.2, -0.15) is 0 Å². The topological polar surface area (TPSA) is 124 Å². The zero-order chi connectivity index (χ0) is 24.5. The van der Waals surface area contributed by atoms with E-state index in [0.717, 1.165) is 11.8 Å². The second-order valence-electron chi connectivity index (χ2n) is 7.72. The van der Waals surface area contributed by atoms with Crippen LogP contribution in [0.5, 0.6) is 0 Å². The molecule has 1 fully saturated rings. The highest BCUT2D eigenvalue weighted by atomic mass is 16.1. The summed E-state index contributed by atoms with van der Waals surface area (Å²) < 4.78 is 1.55. The van der Waals surface area contributed by atoms with Crippen molar-refractivity contribution in [2.24, 2.45) is 11.7 Å². The molecule has 9 nitrogen and oxygen atoms in total. The van der Waals surface area contributed by atoms with E-state index in [1.807, 2.05) is 43.0 Å². The predicted octanol–water partition coefficient (Wildman–Crippen LogP) is 2.55. The summed E-state index contributed by atoms with van der Waals surface area (Å²) in [7, 11) is 0. The summed E-state index contributed by atoms with van der Waals surface area (Å²) in [6.45, 7) is 5.05. The van der Waals surface area contributed by atoms with Gasteiger partial charge in [-0.1, -0.05) is 13.8 Å². The van der Waals surface area contributed by atoms with Gasteiger partial charge in [-0.15, -0.1) is 0 Å². The Kier molecular flexibility index (Phi) is 8.61. The molecular formula is C25H30N6O3. The van der Waals surface area contributed by atoms with Gasteiger partial charge in [0.25, 0.3) is 5.56 Å². The molecule has 4 rings (SSSR count). The highest BCUT2D eigenvalue weighted by molar-refractivity contribution is 5.77. The Labute approximate surface area is 198 Å². The molecule has 34 heavy (non-hydrogen) atoms. The molecule has 178 valence electrons. The van der Waals surface area contributed by atoms with E-state index in [0.29, 0.717) is 61.8 Å². The van der Waals surface area contributed by atoms with Crippen molar-refractivity contribution >= 4 is 18.0 Å². The molecule has 1 saturated heterocycles. The maximum Gasteiger partial charge on any atom is 0.298 e. The molecule has 3 aromatic rings. The third kappa shape index (κ3) is 5.72. The number of nitrogens with zero attached hydrogens (tertiary/aromatic N) is 5. The van der Waals surface area contributed by atoms with E-state index >= 15 is 0 Å². The van der Waals surface area contributed by atoms with E-state index in [-0.39, 0.29) is 17.4 Å². The number of aldehydes is 1. The van der Waals surface area contributed by atoms with Gasteiger partial charge in [-0.05, 0) is 49.6 Å². The minimum absolute atomic E-state index is 0.181. The van der Waals surface area contributed by atoms with Gasteiger partial charge < -0.3 is 15.4 Å². The van der Waals surface area contributed by atoms with Crippen molar-refractivity contribution in [2.45, 2.75) is 39.5 Å². The van der Waals surface area contributed by atoms with Gasteiger partial charge in [-0.3, -0.25) is 14.2 Å². The number of anilines is 1. The smallest absolute Gasteiger partial charge is 0.298 e. The first-order valence-electron chi connectivity index (χ1n) is 11.5. The number of piperidine rings is 1. The van der Waals surface area contributed by atoms with Crippen molar-refractivity contribution in [1.82, 2.24) is 19.5 Å². The lowest BCUT2D eigenvalue weighted by Gasteiger charge is -2.31. The molecule has 2 N–H and O–H groups in total. The molecule has 0 aliphatic carbocycles. The monoisotopic (exact) mass is 462 g/mol. The van der Waals surface area contributed by atoms with E-state index in [2.05, 4.69) is 15.0 Å². The summed E-state index contributed by atoms with van der Waals surface area (Å²) in [5.41, 5.74) is 7.35. The summed E-state index contributed by atoms with van der Waals surface area (Å²) in [4.78, 5) is 50.7. The number of primary amides is 1. The van der Waals surface area contributed by atoms with Gasteiger partial charge in [0, 0.05) is 55.3 Å². The van der Waals surface area contributed by atoms with Crippen LogP contribution in [-0.2, 0) is 16.0 Å². The van der Waals surface area contributed by atoms with Crippen molar-refractivity contribution in [3.63, 3.8) is 0 Å². The van der Waals surface area contributed by atoms with Crippen LogP contribution in [-0.4, -0.2) is 44.8 Å². The lowest BCUT2D eigenvalue weighted by Crippen LogP contribution is -2.42. The average molecular weight is 463 g/mol. The van der Waals surface area contributed by atoms with Crippen LogP contribution in [0.15, 0.2) is 53.7 Å². The van der Waals surface area contributed by atoms with Crippen molar-refractivity contribution in [3.05, 3.63) is 65.0 Å². The van der Waals surface area contributed by atoms with Gasteiger partial charge in [0.15, 0.2) is 11.6 Å². The maximum absolute atomic E-state index is 13.3. The first kappa shape index (κ1) is 24.8. The van der Waals surface area contributed by atoms with E-state index in [1.165, 1.54) is 0 Å². The van der Waals surface area contributed by atoms with Gasteiger partial charge in [-0.25, -0.2) is 15.0 Å². The van der Waals surface area contributed by atoms with Crippen LogP contribution in [0.2, 0.25) is 0 Å². The normalized spacial score (nSPS) is 13.6. The molecule has 0 atom stereocenters. The zero-order valence-corrected chi connectivity index (χ0v) is 19.6. The first-order valence-corrected chi connectivity index (χ1v) is 11.5. The van der Waals surface area contributed by atoms with Crippen LogP contribution >= 0.6 is 0 Å². The SMILES string of the molecule is CC.NC(=O)C1CCN(c2nc(CCC=O)cn(-c3ccc(-c4ncccn4)cc3)c2=O)CC1. The number of benzene rings is 1. The Hall–Kier alpha value is -3.88. The standard InChI is InChI=1S/C23H24N6O3.C2H6/c24-20(31)16-8-12-28(13-9-16)22-23(32)29(15-18(27-22)3-1-14-30)19-6-4-17(5-7-19)21-25-10-2-11-26-21;1-2/h2,4-7,10-11,14-16H,1,3,8-9,12-13H2,(H2,24,31);1-2H3.